The molecule has 1 amide bonds. The van der Waals surface area contributed by atoms with Crippen molar-refractivity contribution >= 4 is 46.2 Å². The topological polar surface area (TPSA) is 59.9 Å². The number of thioether (sulfide) groups is 1. The van der Waals surface area contributed by atoms with Crippen molar-refractivity contribution in [3.63, 3.8) is 0 Å². The van der Waals surface area contributed by atoms with E-state index in [0.717, 1.165) is 23.2 Å². The van der Waals surface area contributed by atoms with Crippen molar-refractivity contribution in [3.8, 4) is 11.5 Å². The number of amidine groups is 1. The van der Waals surface area contributed by atoms with Crippen molar-refractivity contribution in [1.82, 2.24) is 5.32 Å². The number of hydrogen-bond donors (Lipinski definition) is 1. The third-order valence-electron chi connectivity index (χ3n) is 5.51. The standard InChI is InChI=1S/C29H29ClN2O3S/c1-3-5-6-20-9-14-24(15-10-20)31-29-32-28(33)27(36-29)18-22-11-16-25(26(17-22)34-4-2)35-19-21-7-12-23(30)13-8-21/h7-18H,3-6,19H2,1-2H3,(H,31,32,33). The minimum absolute atomic E-state index is 0.167. The molecule has 1 aliphatic rings. The van der Waals surface area contributed by atoms with Gasteiger partial charge in [-0.25, -0.2) is 4.99 Å². The van der Waals surface area contributed by atoms with Crippen LogP contribution in [-0.2, 0) is 17.8 Å². The maximum absolute atomic E-state index is 12.6. The summed E-state index contributed by atoms with van der Waals surface area (Å²) in [6.45, 7) is 5.01. The molecule has 4 rings (SSSR count). The van der Waals surface area contributed by atoms with Crippen LogP contribution >= 0.6 is 23.4 Å². The monoisotopic (exact) mass is 520 g/mol. The van der Waals surface area contributed by atoms with Gasteiger partial charge in [0.25, 0.3) is 5.91 Å². The summed E-state index contributed by atoms with van der Waals surface area (Å²) in [7, 11) is 0. The van der Waals surface area contributed by atoms with Gasteiger partial charge >= 0.3 is 0 Å². The Labute approximate surface area is 221 Å². The molecular formula is C29H29ClN2O3S. The second-order valence-electron chi connectivity index (χ2n) is 8.31. The van der Waals surface area contributed by atoms with E-state index in [-0.39, 0.29) is 5.91 Å². The molecule has 186 valence electrons. The Morgan fingerprint density at radius 2 is 1.69 bits per heavy atom. The highest BCUT2D eigenvalue weighted by Gasteiger charge is 2.24. The minimum atomic E-state index is -0.167. The predicted molar refractivity (Wildman–Crippen MR) is 149 cm³/mol. The number of hydrogen-bond acceptors (Lipinski definition) is 5. The summed E-state index contributed by atoms with van der Waals surface area (Å²) < 4.78 is 11.8. The summed E-state index contributed by atoms with van der Waals surface area (Å²) >= 11 is 7.29. The molecule has 5 nitrogen and oxygen atoms in total. The first-order valence-electron chi connectivity index (χ1n) is 12.1. The largest absolute Gasteiger partial charge is 0.490 e. The Bertz CT molecular complexity index is 1250. The normalized spacial score (nSPS) is 15.4. The van der Waals surface area contributed by atoms with Crippen molar-refractivity contribution in [3.05, 3.63) is 93.3 Å². The third kappa shape index (κ3) is 7.15. The molecule has 0 spiro atoms. The van der Waals surface area contributed by atoms with Gasteiger partial charge in [-0.15, -0.1) is 0 Å². The van der Waals surface area contributed by atoms with Crippen LogP contribution in [0.2, 0.25) is 5.02 Å². The molecule has 1 aliphatic heterocycles. The van der Waals surface area contributed by atoms with E-state index in [2.05, 4.69) is 29.4 Å². The van der Waals surface area contributed by atoms with Crippen LogP contribution in [0.5, 0.6) is 11.5 Å². The fourth-order valence-electron chi connectivity index (χ4n) is 3.61. The molecule has 1 saturated heterocycles. The van der Waals surface area contributed by atoms with E-state index in [1.165, 1.54) is 30.2 Å². The highest BCUT2D eigenvalue weighted by molar-refractivity contribution is 8.18. The number of rotatable bonds is 10. The quantitative estimate of drug-likeness (QED) is 0.280. The lowest BCUT2D eigenvalue weighted by molar-refractivity contribution is -0.115. The SMILES string of the molecule is CCCCc1ccc(N=C2NC(=O)C(=Cc3ccc(OCc4ccc(Cl)cc4)c(OCC)c3)S2)cc1. The van der Waals surface area contributed by atoms with Crippen LogP contribution in [0.25, 0.3) is 6.08 Å². The lowest BCUT2D eigenvalue weighted by atomic mass is 10.1. The third-order valence-corrected chi connectivity index (χ3v) is 6.67. The number of carbonyl (C=O) groups excluding carboxylic acids is 1. The van der Waals surface area contributed by atoms with Gasteiger partial charge in [0.2, 0.25) is 0 Å². The summed E-state index contributed by atoms with van der Waals surface area (Å²) in [6, 6.07) is 21.4. The summed E-state index contributed by atoms with van der Waals surface area (Å²) in [4.78, 5) is 17.7. The average Bonchev–Trinajstić information content (AvgIpc) is 3.22. The fraction of sp³-hybridized carbons (Fsp3) is 0.241. The molecule has 7 heteroatoms. The van der Waals surface area contributed by atoms with Crippen LogP contribution in [0.3, 0.4) is 0 Å². The Morgan fingerprint density at radius 3 is 2.42 bits per heavy atom. The molecule has 0 unspecified atom stereocenters. The van der Waals surface area contributed by atoms with Gasteiger partial charge in [0.05, 0.1) is 17.2 Å². The van der Waals surface area contributed by atoms with Crippen LogP contribution in [0.4, 0.5) is 5.69 Å². The van der Waals surface area contributed by atoms with Crippen LogP contribution in [0, 0.1) is 0 Å². The van der Waals surface area contributed by atoms with Gasteiger partial charge < -0.3 is 14.8 Å². The van der Waals surface area contributed by atoms with Crippen LogP contribution < -0.4 is 14.8 Å². The number of benzene rings is 3. The van der Waals surface area contributed by atoms with Crippen molar-refractivity contribution < 1.29 is 14.3 Å². The Morgan fingerprint density at radius 1 is 0.944 bits per heavy atom. The molecule has 3 aromatic rings. The number of halogens is 1. The number of carbonyl (C=O) groups is 1. The van der Waals surface area contributed by atoms with Crippen molar-refractivity contribution in [2.24, 2.45) is 4.99 Å². The Hall–Kier alpha value is -3.22. The second kappa shape index (κ2) is 12.7. The molecule has 0 radical (unpaired) electrons. The summed E-state index contributed by atoms with van der Waals surface area (Å²) in [5.74, 6) is 1.10. The first-order chi connectivity index (χ1) is 17.5. The van der Waals surface area contributed by atoms with Gasteiger partial charge in [-0.2, -0.15) is 0 Å². The molecule has 0 bridgehead atoms. The lowest BCUT2D eigenvalue weighted by Gasteiger charge is -2.13. The number of amides is 1. The van der Waals surface area contributed by atoms with Crippen LogP contribution in [-0.4, -0.2) is 17.7 Å². The van der Waals surface area contributed by atoms with Crippen LogP contribution in [0.15, 0.2) is 76.6 Å². The van der Waals surface area contributed by atoms with E-state index in [4.69, 9.17) is 21.1 Å². The Balaban J connectivity index is 1.45. The molecule has 3 aromatic carbocycles. The number of nitrogens with zero attached hydrogens (tertiary/aromatic N) is 1. The van der Waals surface area contributed by atoms with Gasteiger partial charge in [-0.3, -0.25) is 4.79 Å². The maximum Gasteiger partial charge on any atom is 0.264 e. The molecule has 36 heavy (non-hydrogen) atoms. The van der Waals surface area contributed by atoms with Gasteiger partial charge in [0.15, 0.2) is 16.7 Å². The molecule has 1 heterocycles. The second-order valence-corrected chi connectivity index (χ2v) is 9.77. The van der Waals surface area contributed by atoms with Gasteiger partial charge in [-0.1, -0.05) is 55.3 Å². The predicted octanol–water partition coefficient (Wildman–Crippen LogP) is 7.55. The number of aryl methyl sites for hydroxylation is 1. The molecule has 1 fully saturated rings. The van der Waals surface area contributed by atoms with Crippen LogP contribution in [0.1, 0.15) is 43.4 Å². The van der Waals surface area contributed by atoms with Crippen molar-refractivity contribution in [1.29, 1.82) is 0 Å². The highest BCUT2D eigenvalue weighted by Crippen LogP contribution is 2.33. The van der Waals surface area contributed by atoms with Gasteiger partial charge in [0, 0.05) is 5.02 Å². The average molecular weight is 521 g/mol. The number of unbranched alkanes of at least 4 members (excludes halogenated alkanes) is 1. The first kappa shape index (κ1) is 25.9. The number of aliphatic imine (C=N–C) groups is 1. The smallest absolute Gasteiger partial charge is 0.264 e. The van der Waals surface area contributed by atoms with E-state index >= 15 is 0 Å². The van der Waals surface area contributed by atoms with Crippen molar-refractivity contribution in [2.75, 3.05) is 6.61 Å². The van der Waals surface area contributed by atoms with E-state index in [9.17, 15) is 4.79 Å². The molecule has 0 atom stereocenters. The van der Waals surface area contributed by atoms with E-state index < -0.39 is 0 Å². The minimum Gasteiger partial charge on any atom is -0.490 e. The van der Waals surface area contributed by atoms with E-state index in [1.807, 2.05) is 67.6 Å². The van der Waals surface area contributed by atoms with Crippen molar-refractivity contribution in [2.45, 2.75) is 39.7 Å². The van der Waals surface area contributed by atoms with E-state index in [0.29, 0.717) is 39.8 Å². The zero-order valence-corrected chi connectivity index (χ0v) is 22.0. The summed E-state index contributed by atoms with van der Waals surface area (Å²) in [6.07, 6.45) is 5.25. The molecule has 0 aromatic heterocycles. The lowest BCUT2D eigenvalue weighted by Crippen LogP contribution is -2.19. The van der Waals surface area contributed by atoms with Gasteiger partial charge in [-0.05, 0) is 90.7 Å². The zero-order chi connectivity index (χ0) is 25.3. The fourth-order valence-corrected chi connectivity index (χ4v) is 4.58. The molecule has 0 aliphatic carbocycles. The highest BCUT2D eigenvalue weighted by atomic mass is 35.5. The first-order valence-corrected chi connectivity index (χ1v) is 13.3. The molecule has 0 saturated carbocycles. The zero-order valence-electron chi connectivity index (χ0n) is 20.4. The number of nitrogens with one attached hydrogen (secondary N) is 1. The summed E-state index contributed by atoms with van der Waals surface area (Å²) in [5, 5.41) is 4.11. The number of ether oxygens (including phenoxy) is 2. The molecular weight excluding hydrogens is 492 g/mol. The van der Waals surface area contributed by atoms with Gasteiger partial charge in [0.1, 0.15) is 6.61 Å². The maximum atomic E-state index is 12.6. The van der Waals surface area contributed by atoms with E-state index in [1.54, 1.807) is 0 Å². The summed E-state index contributed by atoms with van der Waals surface area (Å²) in [5.41, 5.74) is 3.97. The molecule has 1 N–H and O–H groups in total. The Kier molecular flexibility index (Phi) is 9.09.